The molecule has 4 rings (SSSR count). The molecular weight excluding hydrogens is 347 g/mol. The van der Waals surface area contributed by atoms with E-state index in [2.05, 4.69) is 17.0 Å². The smallest absolute Gasteiger partial charge is 0.408 e. The van der Waals surface area contributed by atoms with Gasteiger partial charge in [0.2, 0.25) is 0 Å². The van der Waals surface area contributed by atoms with E-state index in [0.29, 0.717) is 17.5 Å². The fraction of sp³-hybridized carbons (Fsp3) is 0.556. The Bertz CT molecular complexity index is 819. The largest absolute Gasteiger partial charge is 0.457 e. The minimum Gasteiger partial charge on any atom is -0.457 e. The maximum Gasteiger partial charge on any atom is 0.408 e. The molecule has 0 amide bonds. The third-order valence-electron chi connectivity index (χ3n) is 5.51. The number of carbonyl (C=O) groups excluding carboxylic acids is 1. The predicted octanol–water partition coefficient (Wildman–Crippen LogP) is 3.38. The summed E-state index contributed by atoms with van der Waals surface area (Å²) in [6.07, 6.45) is -0.901. The molecule has 0 radical (unpaired) electrons. The second-order valence-electron chi connectivity index (χ2n) is 7.19. The van der Waals surface area contributed by atoms with E-state index in [0.717, 1.165) is 30.4 Å². The highest BCUT2D eigenvalue weighted by atomic mass is 19.4. The first kappa shape index (κ1) is 17.3. The molecule has 3 heterocycles. The summed E-state index contributed by atoms with van der Waals surface area (Å²) in [5.74, 6) is -0.643. The number of hydrogen-bond donors (Lipinski definition) is 0. The first-order valence-corrected chi connectivity index (χ1v) is 8.77. The minimum absolute atomic E-state index is 0.0453. The molecule has 8 heteroatoms. The molecule has 2 aliphatic rings. The number of benzene rings is 1. The van der Waals surface area contributed by atoms with Crippen molar-refractivity contribution in [3.05, 3.63) is 30.0 Å². The van der Waals surface area contributed by atoms with Crippen LogP contribution >= 0.6 is 0 Å². The van der Waals surface area contributed by atoms with Crippen molar-refractivity contribution in [2.45, 2.75) is 56.6 Å². The molecule has 0 aliphatic carbocycles. The molecule has 0 N–H and O–H groups in total. The zero-order valence-corrected chi connectivity index (χ0v) is 14.4. The van der Waals surface area contributed by atoms with E-state index >= 15 is 0 Å². The Morgan fingerprint density at radius 3 is 2.54 bits per heavy atom. The van der Waals surface area contributed by atoms with Crippen molar-refractivity contribution in [3.63, 3.8) is 0 Å². The number of ether oxygens (including phenoxy) is 1. The molecular formula is C18H20F3N3O2. The Morgan fingerprint density at radius 2 is 1.88 bits per heavy atom. The van der Waals surface area contributed by atoms with E-state index in [4.69, 9.17) is 4.74 Å². The molecule has 2 aromatic rings. The van der Waals surface area contributed by atoms with Crippen LogP contribution in [0.1, 0.15) is 36.2 Å². The fourth-order valence-corrected chi connectivity index (χ4v) is 4.23. The molecule has 1 aromatic heterocycles. The van der Waals surface area contributed by atoms with Crippen molar-refractivity contribution in [1.82, 2.24) is 14.7 Å². The molecule has 0 spiro atoms. The highest BCUT2D eigenvalue weighted by Crippen LogP contribution is 2.36. The van der Waals surface area contributed by atoms with Gasteiger partial charge in [0.15, 0.2) is 5.69 Å². The third-order valence-corrected chi connectivity index (χ3v) is 5.51. The second kappa shape index (κ2) is 6.26. The monoisotopic (exact) mass is 367 g/mol. The lowest BCUT2D eigenvalue weighted by atomic mass is 10.0. The Labute approximate surface area is 148 Å². The van der Waals surface area contributed by atoms with Gasteiger partial charge in [-0.25, -0.2) is 4.79 Å². The number of aromatic nitrogens is 2. The van der Waals surface area contributed by atoms with Crippen molar-refractivity contribution in [1.29, 1.82) is 0 Å². The lowest BCUT2D eigenvalue weighted by molar-refractivity contribution is -0.141. The number of halogens is 3. The lowest BCUT2D eigenvalue weighted by Crippen LogP contribution is -2.43. The van der Waals surface area contributed by atoms with Crippen molar-refractivity contribution < 1.29 is 22.7 Å². The summed E-state index contributed by atoms with van der Waals surface area (Å²) in [6, 6.07) is 7.25. The van der Waals surface area contributed by atoms with Crippen molar-refractivity contribution in [3.8, 4) is 0 Å². The van der Waals surface area contributed by atoms with Gasteiger partial charge in [0.25, 0.3) is 0 Å². The number of para-hydroxylation sites is 1. The first-order chi connectivity index (χ1) is 12.3. The van der Waals surface area contributed by atoms with Crippen LogP contribution in [-0.4, -0.2) is 52.1 Å². The van der Waals surface area contributed by atoms with Crippen molar-refractivity contribution in [2.24, 2.45) is 0 Å². The lowest BCUT2D eigenvalue weighted by Gasteiger charge is -2.35. The number of hydrogen-bond acceptors (Lipinski definition) is 4. The average molecular weight is 367 g/mol. The van der Waals surface area contributed by atoms with Crippen LogP contribution in [0.4, 0.5) is 13.2 Å². The molecule has 140 valence electrons. The molecule has 0 saturated carbocycles. The number of carbonyl (C=O) groups is 1. The molecule has 1 aromatic carbocycles. The molecule has 2 saturated heterocycles. The van der Waals surface area contributed by atoms with E-state index in [1.807, 2.05) is 0 Å². The van der Waals surface area contributed by atoms with Gasteiger partial charge in [-0.3, -0.25) is 4.68 Å². The van der Waals surface area contributed by atoms with Crippen LogP contribution in [0.3, 0.4) is 0 Å². The van der Waals surface area contributed by atoms with Crippen LogP contribution in [0.15, 0.2) is 24.3 Å². The van der Waals surface area contributed by atoms with Crippen LogP contribution < -0.4 is 0 Å². The van der Waals surface area contributed by atoms with E-state index < -0.39 is 18.7 Å². The van der Waals surface area contributed by atoms with E-state index in [-0.39, 0.29) is 17.3 Å². The first-order valence-electron chi connectivity index (χ1n) is 8.77. The van der Waals surface area contributed by atoms with Gasteiger partial charge in [0.05, 0.1) is 5.52 Å². The quantitative estimate of drug-likeness (QED) is 0.781. The van der Waals surface area contributed by atoms with Gasteiger partial charge >= 0.3 is 12.1 Å². The average Bonchev–Trinajstić information content (AvgIpc) is 3.00. The summed E-state index contributed by atoms with van der Waals surface area (Å²) < 4.78 is 44.9. The minimum atomic E-state index is -4.41. The summed E-state index contributed by atoms with van der Waals surface area (Å²) in [6.45, 7) is -1.24. The highest BCUT2D eigenvalue weighted by Gasteiger charge is 2.40. The zero-order valence-electron chi connectivity index (χ0n) is 14.4. The van der Waals surface area contributed by atoms with Gasteiger partial charge < -0.3 is 9.64 Å². The van der Waals surface area contributed by atoms with E-state index in [9.17, 15) is 18.0 Å². The molecule has 26 heavy (non-hydrogen) atoms. The maximum atomic E-state index is 12.8. The van der Waals surface area contributed by atoms with Gasteiger partial charge in [-0.2, -0.15) is 18.3 Å². The second-order valence-corrected chi connectivity index (χ2v) is 7.19. The number of fused-ring (bicyclic) bond motifs is 3. The topological polar surface area (TPSA) is 47.4 Å². The van der Waals surface area contributed by atoms with Gasteiger partial charge in [-0.05, 0) is 26.0 Å². The van der Waals surface area contributed by atoms with Crippen LogP contribution in [-0.2, 0) is 11.3 Å². The SMILES string of the molecule is CN1[C@@H]2CC[C@H]1C[C@@H](OC(=O)c1nn(CC(F)(F)F)c3ccccc13)C2. The number of nitrogens with zero attached hydrogens (tertiary/aromatic N) is 3. The normalized spacial score (nSPS) is 26.4. The fourth-order valence-electron chi connectivity index (χ4n) is 4.23. The van der Waals surface area contributed by atoms with Crippen LogP contribution in [0.5, 0.6) is 0 Å². The Hall–Kier alpha value is -2.09. The molecule has 2 aliphatic heterocycles. The number of piperidine rings is 1. The Kier molecular flexibility index (Phi) is 4.17. The zero-order chi connectivity index (χ0) is 18.5. The Morgan fingerprint density at radius 1 is 1.23 bits per heavy atom. The molecule has 3 atom stereocenters. The number of alkyl halides is 3. The highest BCUT2D eigenvalue weighted by molar-refractivity contribution is 6.02. The molecule has 2 fully saturated rings. The third kappa shape index (κ3) is 3.18. The van der Waals surface area contributed by atoms with Crippen LogP contribution in [0.2, 0.25) is 0 Å². The summed E-state index contributed by atoms with van der Waals surface area (Å²) in [5, 5.41) is 4.31. The van der Waals surface area contributed by atoms with Crippen molar-refractivity contribution >= 4 is 16.9 Å². The predicted molar refractivity (Wildman–Crippen MR) is 88.8 cm³/mol. The number of rotatable bonds is 3. The van der Waals surface area contributed by atoms with Crippen LogP contribution in [0.25, 0.3) is 10.9 Å². The summed E-state index contributed by atoms with van der Waals surface area (Å²) in [7, 11) is 2.09. The Balaban J connectivity index is 1.57. The number of esters is 1. The summed E-state index contributed by atoms with van der Waals surface area (Å²) in [5.41, 5.74) is 0.233. The van der Waals surface area contributed by atoms with Crippen molar-refractivity contribution in [2.75, 3.05) is 7.05 Å². The molecule has 2 bridgehead atoms. The standard InChI is InChI=1S/C18H20F3N3O2/c1-23-11-6-7-12(23)9-13(8-11)26-17(25)16-14-4-2-3-5-15(14)24(22-16)10-18(19,20)21/h2-5,11-13H,6-10H2,1H3/t11-,12+,13+. The van der Waals surface area contributed by atoms with Gasteiger partial charge in [0, 0.05) is 30.3 Å². The van der Waals surface area contributed by atoms with E-state index in [1.54, 1.807) is 18.2 Å². The van der Waals surface area contributed by atoms with Gasteiger partial charge in [-0.15, -0.1) is 0 Å². The molecule has 0 unspecified atom stereocenters. The van der Waals surface area contributed by atoms with Gasteiger partial charge in [0.1, 0.15) is 12.6 Å². The summed E-state index contributed by atoms with van der Waals surface area (Å²) in [4.78, 5) is 15.0. The summed E-state index contributed by atoms with van der Waals surface area (Å²) >= 11 is 0. The maximum absolute atomic E-state index is 12.8. The van der Waals surface area contributed by atoms with Gasteiger partial charge in [-0.1, -0.05) is 18.2 Å². The van der Waals surface area contributed by atoms with Crippen LogP contribution in [0, 0.1) is 0 Å². The van der Waals surface area contributed by atoms with E-state index in [1.165, 1.54) is 6.07 Å². The molecule has 5 nitrogen and oxygen atoms in total.